The maximum atomic E-state index is 10.6. The molecule has 0 rings (SSSR count). The van der Waals surface area contributed by atoms with Gasteiger partial charge in [0.1, 0.15) is 0 Å². The fraction of sp³-hybridized carbons (Fsp3) is 1.00. The van der Waals surface area contributed by atoms with Crippen LogP contribution in [-0.2, 0) is 5.11 Å². The van der Waals surface area contributed by atoms with Crippen molar-refractivity contribution in [2.75, 3.05) is 0 Å². The van der Waals surface area contributed by atoms with Gasteiger partial charge in [0.15, 0.2) is 0 Å². The van der Waals surface area contributed by atoms with Gasteiger partial charge in [-0.05, 0) is 19.8 Å². The lowest BCUT2D eigenvalue weighted by molar-refractivity contribution is 0.0782. The lowest BCUT2D eigenvalue weighted by Crippen LogP contribution is -2.07. The first-order valence-electron chi connectivity index (χ1n) is 2.96. The number of alkyl halides is 1. The molecule has 0 saturated carbocycles. The van der Waals surface area contributed by atoms with E-state index in [1.165, 1.54) is 0 Å². The van der Waals surface area contributed by atoms with Gasteiger partial charge in [0.05, 0.1) is 6.10 Å². The summed E-state index contributed by atoms with van der Waals surface area (Å²) in [5.74, 6) is 0. The highest BCUT2D eigenvalue weighted by atomic mass is 35.5. The summed E-state index contributed by atoms with van der Waals surface area (Å²) in [6.07, 6.45) is 0.831. The number of hydrogen-bond acceptors (Lipinski definition) is 0. The maximum Gasteiger partial charge on any atom is 0.0941 e. The first kappa shape index (κ1) is 8.25. The Morgan fingerprint density at radius 1 is 1.62 bits per heavy atom. The molecule has 0 aliphatic carbocycles. The van der Waals surface area contributed by atoms with Crippen molar-refractivity contribution in [2.24, 2.45) is 0 Å². The lowest BCUT2D eigenvalue weighted by Gasteiger charge is -2.04. The van der Waals surface area contributed by atoms with Crippen LogP contribution in [0.25, 0.3) is 0 Å². The van der Waals surface area contributed by atoms with Crippen LogP contribution in [0.2, 0.25) is 0 Å². The smallest absolute Gasteiger partial charge is 0.0941 e. The van der Waals surface area contributed by atoms with E-state index >= 15 is 0 Å². The Morgan fingerprint density at radius 3 is 2.25 bits per heavy atom. The zero-order valence-electron chi connectivity index (χ0n) is 5.36. The van der Waals surface area contributed by atoms with Crippen LogP contribution in [0.3, 0.4) is 0 Å². The minimum Gasteiger partial charge on any atom is -0.233 e. The summed E-state index contributed by atoms with van der Waals surface area (Å²) in [5, 5.41) is 10.7. The Morgan fingerprint density at radius 2 is 2.12 bits per heavy atom. The van der Waals surface area contributed by atoms with Crippen molar-refractivity contribution in [1.82, 2.24) is 0 Å². The number of hydrogen-bond donors (Lipinski definition) is 0. The summed E-state index contributed by atoms with van der Waals surface area (Å²) in [6, 6.07) is 0. The molecule has 0 fully saturated rings. The molecule has 0 aromatic carbocycles. The second kappa shape index (κ2) is 4.16. The summed E-state index contributed by atoms with van der Waals surface area (Å²) in [7, 11) is 0. The molecule has 2 heteroatoms. The van der Waals surface area contributed by atoms with Gasteiger partial charge in [-0.25, -0.2) is 5.11 Å². The summed E-state index contributed by atoms with van der Waals surface area (Å²) in [5.41, 5.74) is 0. The van der Waals surface area contributed by atoms with Gasteiger partial charge in [0.25, 0.3) is 0 Å². The molecule has 0 aromatic heterocycles. The molecule has 1 radical (unpaired) electrons. The van der Waals surface area contributed by atoms with E-state index in [9.17, 15) is 5.11 Å². The summed E-state index contributed by atoms with van der Waals surface area (Å²) in [6.45, 7) is 3.74. The summed E-state index contributed by atoms with van der Waals surface area (Å²) in [4.78, 5) is 0. The molecular weight excluding hydrogens is 124 g/mol. The van der Waals surface area contributed by atoms with Crippen molar-refractivity contribution < 1.29 is 5.11 Å². The van der Waals surface area contributed by atoms with E-state index in [2.05, 4.69) is 0 Å². The van der Waals surface area contributed by atoms with E-state index in [4.69, 9.17) is 11.6 Å². The van der Waals surface area contributed by atoms with Crippen molar-refractivity contribution in [3.63, 3.8) is 0 Å². The zero-order chi connectivity index (χ0) is 6.57. The minimum atomic E-state index is -0.456. The lowest BCUT2D eigenvalue weighted by atomic mass is 10.2. The normalized spacial score (nSPS) is 18.0. The van der Waals surface area contributed by atoms with Crippen molar-refractivity contribution >= 4 is 11.6 Å². The topological polar surface area (TPSA) is 19.9 Å². The van der Waals surface area contributed by atoms with Crippen molar-refractivity contribution in [1.29, 1.82) is 0 Å². The summed E-state index contributed by atoms with van der Waals surface area (Å²) >= 11 is 5.55. The molecule has 0 heterocycles. The SMILES string of the molecule is CCC([O])CC(C)Cl. The van der Waals surface area contributed by atoms with Gasteiger partial charge in [0, 0.05) is 5.38 Å². The third kappa shape index (κ3) is 4.41. The van der Waals surface area contributed by atoms with E-state index in [1.807, 2.05) is 13.8 Å². The second-order valence-electron chi connectivity index (χ2n) is 2.05. The quantitative estimate of drug-likeness (QED) is 0.529. The summed E-state index contributed by atoms with van der Waals surface area (Å²) < 4.78 is 0. The van der Waals surface area contributed by atoms with Crippen molar-refractivity contribution in [3.05, 3.63) is 0 Å². The van der Waals surface area contributed by atoms with Gasteiger partial charge in [-0.1, -0.05) is 6.92 Å². The Kier molecular flexibility index (Phi) is 4.29. The molecule has 0 spiro atoms. The van der Waals surface area contributed by atoms with Gasteiger partial charge >= 0.3 is 0 Å². The van der Waals surface area contributed by atoms with Gasteiger partial charge in [-0.2, -0.15) is 0 Å². The molecule has 0 amide bonds. The highest BCUT2D eigenvalue weighted by molar-refractivity contribution is 6.20. The molecule has 8 heavy (non-hydrogen) atoms. The van der Waals surface area contributed by atoms with Crippen molar-refractivity contribution in [3.8, 4) is 0 Å². The molecule has 0 N–H and O–H groups in total. The molecule has 1 nitrogen and oxygen atoms in total. The van der Waals surface area contributed by atoms with Gasteiger partial charge in [-0.15, -0.1) is 11.6 Å². The van der Waals surface area contributed by atoms with E-state index in [1.54, 1.807) is 0 Å². The fourth-order valence-electron chi connectivity index (χ4n) is 0.529. The van der Waals surface area contributed by atoms with Crippen LogP contribution in [0.5, 0.6) is 0 Å². The van der Waals surface area contributed by atoms with Crippen molar-refractivity contribution in [2.45, 2.75) is 38.2 Å². The predicted molar refractivity (Wildman–Crippen MR) is 34.7 cm³/mol. The number of rotatable bonds is 3. The first-order chi connectivity index (χ1) is 3.66. The molecule has 2 atom stereocenters. The standard InChI is InChI=1S/C6H12ClO/c1-3-6(8)4-5(2)7/h5-6H,3-4H2,1-2H3. The van der Waals surface area contributed by atoms with E-state index in [0.717, 1.165) is 0 Å². The molecule has 0 saturated heterocycles. The first-order valence-corrected chi connectivity index (χ1v) is 3.40. The monoisotopic (exact) mass is 135 g/mol. The molecular formula is C6H12ClO. The molecule has 0 aliphatic rings. The third-order valence-corrected chi connectivity index (χ3v) is 1.22. The molecule has 0 aliphatic heterocycles. The molecule has 2 unspecified atom stereocenters. The van der Waals surface area contributed by atoms with E-state index in [0.29, 0.717) is 12.8 Å². The molecule has 0 aromatic rings. The second-order valence-corrected chi connectivity index (χ2v) is 2.79. The van der Waals surface area contributed by atoms with Crippen LogP contribution in [0, 0.1) is 0 Å². The highest BCUT2D eigenvalue weighted by Gasteiger charge is 2.05. The Labute approximate surface area is 55.7 Å². The average Bonchev–Trinajstić information content (AvgIpc) is 1.65. The maximum absolute atomic E-state index is 10.6. The van der Waals surface area contributed by atoms with Crippen LogP contribution in [-0.4, -0.2) is 11.5 Å². The molecule has 49 valence electrons. The van der Waals surface area contributed by atoms with Gasteiger partial charge in [0.2, 0.25) is 0 Å². The Bertz CT molecular complexity index is 54.5. The van der Waals surface area contributed by atoms with E-state index < -0.39 is 6.10 Å². The Hall–Kier alpha value is 0.250. The van der Waals surface area contributed by atoms with Gasteiger partial charge in [-0.3, -0.25) is 0 Å². The average molecular weight is 136 g/mol. The number of halogens is 1. The van der Waals surface area contributed by atoms with Crippen LogP contribution in [0.1, 0.15) is 26.7 Å². The molecule has 0 bridgehead atoms. The van der Waals surface area contributed by atoms with Crippen LogP contribution in [0.15, 0.2) is 0 Å². The third-order valence-electron chi connectivity index (χ3n) is 1.04. The van der Waals surface area contributed by atoms with Crippen LogP contribution < -0.4 is 0 Å². The minimum absolute atomic E-state index is 0.0393. The largest absolute Gasteiger partial charge is 0.233 e. The highest BCUT2D eigenvalue weighted by Crippen LogP contribution is 2.06. The predicted octanol–water partition coefficient (Wildman–Crippen LogP) is 2.21. The Balaban J connectivity index is 3.10. The van der Waals surface area contributed by atoms with Crippen LogP contribution >= 0.6 is 11.6 Å². The zero-order valence-corrected chi connectivity index (χ0v) is 6.11. The van der Waals surface area contributed by atoms with Crippen LogP contribution in [0.4, 0.5) is 0 Å². The van der Waals surface area contributed by atoms with E-state index in [-0.39, 0.29) is 5.38 Å². The van der Waals surface area contributed by atoms with Gasteiger partial charge < -0.3 is 0 Å². The fourth-order valence-corrected chi connectivity index (χ4v) is 0.728.